The van der Waals surface area contributed by atoms with Crippen LogP contribution in [-0.2, 0) is 6.18 Å². The summed E-state index contributed by atoms with van der Waals surface area (Å²) in [5.41, 5.74) is -1.18. The summed E-state index contributed by atoms with van der Waals surface area (Å²) >= 11 is 0. The summed E-state index contributed by atoms with van der Waals surface area (Å²) in [7, 11) is 0. The standard InChI is InChI=1S/C15H10F4N2/c16-12-7-3-4-8-13(12)21-14(9-20)10-5-1-2-6-11(10)15(17,18)19/h1-8,14,21H. The highest BCUT2D eigenvalue weighted by Gasteiger charge is 2.35. The first-order chi connectivity index (χ1) is 9.93. The van der Waals surface area contributed by atoms with Crippen LogP contribution in [0.15, 0.2) is 48.5 Å². The van der Waals surface area contributed by atoms with E-state index < -0.39 is 23.6 Å². The van der Waals surface area contributed by atoms with Crippen molar-refractivity contribution in [2.24, 2.45) is 0 Å². The molecule has 1 unspecified atom stereocenters. The number of nitrogens with zero attached hydrogens (tertiary/aromatic N) is 1. The Kier molecular flexibility index (Phi) is 4.13. The van der Waals surface area contributed by atoms with E-state index in [9.17, 15) is 17.6 Å². The van der Waals surface area contributed by atoms with Crippen LogP contribution in [0.1, 0.15) is 17.2 Å². The minimum absolute atomic E-state index is 0.0268. The van der Waals surface area contributed by atoms with Crippen molar-refractivity contribution in [2.45, 2.75) is 12.2 Å². The Bertz CT molecular complexity index is 674. The number of hydrogen-bond donors (Lipinski definition) is 1. The summed E-state index contributed by atoms with van der Waals surface area (Å²) < 4.78 is 52.4. The third-order valence-corrected chi connectivity index (χ3v) is 2.88. The van der Waals surface area contributed by atoms with Gasteiger partial charge in [-0.25, -0.2) is 4.39 Å². The lowest BCUT2D eigenvalue weighted by Gasteiger charge is -2.18. The fourth-order valence-corrected chi connectivity index (χ4v) is 1.92. The topological polar surface area (TPSA) is 35.8 Å². The van der Waals surface area contributed by atoms with Crippen LogP contribution in [0.3, 0.4) is 0 Å². The lowest BCUT2D eigenvalue weighted by molar-refractivity contribution is -0.138. The molecule has 0 amide bonds. The van der Waals surface area contributed by atoms with Crippen LogP contribution in [0.25, 0.3) is 0 Å². The van der Waals surface area contributed by atoms with Gasteiger partial charge in [-0.15, -0.1) is 0 Å². The number of nitriles is 1. The van der Waals surface area contributed by atoms with Gasteiger partial charge in [0.15, 0.2) is 0 Å². The van der Waals surface area contributed by atoms with Crippen molar-refractivity contribution in [1.82, 2.24) is 0 Å². The summed E-state index contributed by atoms with van der Waals surface area (Å²) in [5, 5.41) is 11.6. The molecule has 6 heteroatoms. The quantitative estimate of drug-likeness (QED) is 0.845. The Hall–Kier alpha value is -2.55. The summed E-state index contributed by atoms with van der Waals surface area (Å²) in [4.78, 5) is 0. The number of anilines is 1. The average molecular weight is 294 g/mol. The van der Waals surface area contributed by atoms with Gasteiger partial charge in [-0.3, -0.25) is 0 Å². The summed E-state index contributed by atoms with van der Waals surface area (Å²) in [6.45, 7) is 0. The lowest BCUT2D eigenvalue weighted by atomic mass is 10.0. The first-order valence-electron chi connectivity index (χ1n) is 6.00. The maximum absolute atomic E-state index is 13.5. The van der Waals surface area contributed by atoms with Crippen LogP contribution in [-0.4, -0.2) is 0 Å². The Balaban J connectivity index is 2.40. The van der Waals surface area contributed by atoms with Gasteiger partial charge in [-0.2, -0.15) is 18.4 Å². The Morgan fingerprint density at radius 2 is 1.62 bits per heavy atom. The number of rotatable bonds is 3. The van der Waals surface area contributed by atoms with Crippen LogP contribution in [0.2, 0.25) is 0 Å². The molecule has 2 aromatic carbocycles. The first-order valence-corrected chi connectivity index (χ1v) is 6.00. The molecular formula is C15H10F4N2. The smallest absolute Gasteiger partial charge is 0.364 e. The number of nitrogens with one attached hydrogen (secondary N) is 1. The van der Waals surface area contributed by atoms with E-state index >= 15 is 0 Å². The van der Waals surface area contributed by atoms with Crippen LogP contribution in [0.5, 0.6) is 0 Å². The van der Waals surface area contributed by atoms with E-state index in [1.54, 1.807) is 6.07 Å². The number of halogens is 4. The molecule has 0 saturated carbocycles. The van der Waals surface area contributed by atoms with Crippen molar-refractivity contribution in [3.05, 3.63) is 65.5 Å². The minimum Gasteiger partial charge on any atom is -0.364 e. The van der Waals surface area contributed by atoms with Crippen molar-refractivity contribution in [2.75, 3.05) is 5.32 Å². The molecule has 0 heterocycles. The normalized spacial score (nSPS) is 12.5. The molecule has 1 atom stereocenters. The van der Waals surface area contributed by atoms with Gasteiger partial charge >= 0.3 is 6.18 Å². The molecule has 1 N–H and O–H groups in total. The second-order valence-electron chi connectivity index (χ2n) is 4.27. The second-order valence-corrected chi connectivity index (χ2v) is 4.27. The van der Waals surface area contributed by atoms with Gasteiger partial charge in [0.25, 0.3) is 0 Å². The molecule has 108 valence electrons. The van der Waals surface area contributed by atoms with Crippen molar-refractivity contribution < 1.29 is 17.6 Å². The lowest BCUT2D eigenvalue weighted by Crippen LogP contribution is -2.16. The number of para-hydroxylation sites is 1. The molecule has 0 fully saturated rings. The highest BCUT2D eigenvalue weighted by atomic mass is 19.4. The predicted molar refractivity (Wildman–Crippen MR) is 69.8 cm³/mol. The SMILES string of the molecule is N#CC(Nc1ccccc1F)c1ccccc1C(F)(F)F. The zero-order valence-corrected chi connectivity index (χ0v) is 10.7. The van der Waals surface area contributed by atoms with Gasteiger partial charge in [0.1, 0.15) is 11.9 Å². The maximum atomic E-state index is 13.5. The van der Waals surface area contributed by atoms with Crippen LogP contribution < -0.4 is 5.32 Å². The largest absolute Gasteiger partial charge is 0.416 e. The minimum atomic E-state index is -4.58. The van der Waals surface area contributed by atoms with E-state index in [2.05, 4.69) is 5.32 Å². The molecule has 0 saturated heterocycles. The molecule has 0 spiro atoms. The van der Waals surface area contributed by atoms with Crippen LogP contribution in [0.4, 0.5) is 23.2 Å². The van der Waals surface area contributed by atoms with Gasteiger partial charge < -0.3 is 5.32 Å². The van der Waals surface area contributed by atoms with Gasteiger partial charge in [0, 0.05) is 5.56 Å². The average Bonchev–Trinajstić information content (AvgIpc) is 2.45. The Morgan fingerprint density at radius 3 is 2.24 bits per heavy atom. The summed E-state index contributed by atoms with van der Waals surface area (Å²) in [6.07, 6.45) is -4.58. The summed E-state index contributed by atoms with van der Waals surface area (Å²) in [6, 6.07) is 10.6. The van der Waals surface area contributed by atoms with Crippen molar-refractivity contribution in [3.63, 3.8) is 0 Å². The van der Waals surface area contributed by atoms with Gasteiger partial charge in [0.05, 0.1) is 17.3 Å². The molecule has 0 aliphatic carbocycles. The van der Waals surface area contributed by atoms with E-state index in [0.29, 0.717) is 0 Å². The van der Waals surface area contributed by atoms with Gasteiger partial charge in [-0.1, -0.05) is 30.3 Å². The molecule has 2 rings (SSSR count). The fraction of sp³-hybridized carbons (Fsp3) is 0.133. The third-order valence-electron chi connectivity index (χ3n) is 2.88. The maximum Gasteiger partial charge on any atom is 0.416 e. The predicted octanol–water partition coefficient (Wildman–Crippen LogP) is 4.52. The van der Waals surface area contributed by atoms with Crippen LogP contribution in [0, 0.1) is 17.1 Å². The molecule has 2 nitrogen and oxygen atoms in total. The molecule has 0 aliphatic rings. The van der Waals surface area contributed by atoms with Crippen molar-refractivity contribution in [3.8, 4) is 6.07 Å². The third kappa shape index (κ3) is 3.31. The molecule has 2 aromatic rings. The molecule has 0 radical (unpaired) electrons. The molecular weight excluding hydrogens is 284 g/mol. The highest BCUT2D eigenvalue weighted by Crippen LogP contribution is 2.35. The van der Waals surface area contributed by atoms with Gasteiger partial charge in [0.2, 0.25) is 0 Å². The number of benzene rings is 2. The van der Waals surface area contributed by atoms with Crippen molar-refractivity contribution >= 4 is 5.69 Å². The van der Waals surface area contributed by atoms with E-state index in [1.807, 2.05) is 0 Å². The molecule has 0 aliphatic heterocycles. The molecule has 0 aromatic heterocycles. The van der Waals surface area contributed by atoms with Crippen LogP contribution >= 0.6 is 0 Å². The first kappa shape index (κ1) is 14.9. The number of hydrogen-bond acceptors (Lipinski definition) is 2. The summed E-state index contributed by atoms with van der Waals surface area (Å²) in [5.74, 6) is -0.637. The van der Waals surface area contributed by atoms with Crippen molar-refractivity contribution in [1.29, 1.82) is 5.26 Å². The Morgan fingerprint density at radius 1 is 1.00 bits per heavy atom. The highest BCUT2D eigenvalue weighted by molar-refractivity contribution is 5.50. The molecule has 21 heavy (non-hydrogen) atoms. The molecule has 0 bridgehead atoms. The zero-order chi connectivity index (χ0) is 15.5. The van der Waals surface area contributed by atoms with Gasteiger partial charge in [-0.05, 0) is 18.2 Å². The number of alkyl halides is 3. The second kappa shape index (κ2) is 5.83. The monoisotopic (exact) mass is 294 g/mol. The van der Waals surface area contributed by atoms with E-state index in [1.165, 1.54) is 36.4 Å². The zero-order valence-electron chi connectivity index (χ0n) is 10.7. The van der Waals surface area contributed by atoms with E-state index in [-0.39, 0.29) is 11.3 Å². The Labute approximate surface area is 118 Å². The van der Waals surface area contributed by atoms with E-state index in [0.717, 1.165) is 12.1 Å². The fourth-order valence-electron chi connectivity index (χ4n) is 1.92. The van der Waals surface area contributed by atoms with E-state index in [4.69, 9.17) is 5.26 Å².